The Balaban J connectivity index is 2.17. The Morgan fingerprint density at radius 1 is 1.16 bits per heavy atom. The number of aromatic hydroxyl groups is 1. The first-order chi connectivity index (χ1) is 9.22. The number of benzene rings is 2. The van der Waals surface area contributed by atoms with Crippen LogP contribution in [0.5, 0.6) is 5.75 Å². The normalized spacial score (nSPS) is 10.4. The fraction of sp³-hybridized carbons (Fsp3) is 0.267. The van der Waals surface area contributed by atoms with Gasteiger partial charge in [-0.25, -0.2) is 4.79 Å². The fourth-order valence-electron chi connectivity index (χ4n) is 1.95. The highest BCUT2D eigenvalue weighted by atomic mass is 16.3. The molecular formula is C15H18N2O2. The van der Waals surface area contributed by atoms with Crippen molar-refractivity contribution in [2.75, 3.05) is 11.9 Å². The maximum atomic E-state index is 11.7. The molecular weight excluding hydrogens is 240 g/mol. The standard InChI is InChI=1S/C15H18N2O2/c1-2-3-10-16-15(19)17-13-8-4-7-12-11(13)6-5-9-14(12)18/h4-9,18H,2-3,10H2,1H3,(H2,16,17,19). The third kappa shape index (κ3) is 3.16. The largest absolute Gasteiger partial charge is 0.507 e. The van der Waals surface area contributed by atoms with E-state index in [1.165, 1.54) is 0 Å². The Labute approximate surface area is 112 Å². The monoisotopic (exact) mass is 258 g/mol. The molecule has 0 unspecified atom stereocenters. The highest BCUT2D eigenvalue weighted by Crippen LogP contribution is 2.29. The molecule has 0 atom stereocenters. The molecule has 0 aromatic heterocycles. The summed E-state index contributed by atoms with van der Waals surface area (Å²) in [5, 5.41) is 16.9. The summed E-state index contributed by atoms with van der Waals surface area (Å²) in [7, 11) is 0. The lowest BCUT2D eigenvalue weighted by Crippen LogP contribution is -2.29. The molecule has 0 aliphatic carbocycles. The lowest BCUT2D eigenvalue weighted by atomic mass is 10.1. The van der Waals surface area contributed by atoms with E-state index in [2.05, 4.69) is 17.6 Å². The second-order valence-electron chi connectivity index (χ2n) is 4.41. The number of carbonyl (C=O) groups is 1. The first-order valence-electron chi connectivity index (χ1n) is 6.48. The van der Waals surface area contributed by atoms with Crippen molar-refractivity contribution >= 4 is 22.5 Å². The van der Waals surface area contributed by atoms with E-state index in [1.54, 1.807) is 12.1 Å². The van der Waals surface area contributed by atoms with Gasteiger partial charge < -0.3 is 15.7 Å². The number of phenols is 1. The highest BCUT2D eigenvalue weighted by Gasteiger charge is 2.06. The van der Waals surface area contributed by atoms with E-state index in [4.69, 9.17) is 0 Å². The van der Waals surface area contributed by atoms with Gasteiger partial charge >= 0.3 is 6.03 Å². The second kappa shape index (κ2) is 6.09. The summed E-state index contributed by atoms with van der Waals surface area (Å²) >= 11 is 0. The molecule has 0 bridgehead atoms. The van der Waals surface area contributed by atoms with E-state index in [0.29, 0.717) is 12.2 Å². The van der Waals surface area contributed by atoms with Crippen LogP contribution in [0, 0.1) is 0 Å². The van der Waals surface area contributed by atoms with Gasteiger partial charge in [0.25, 0.3) is 0 Å². The van der Waals surface area contributed by atoms with Crippen LogP contribution >= 0.6 is 0 Å². The summed E-state index contributed by atoms with van der Waals surface area (Å²) in [6, 6.07) is 10.5. The van der Waals surface area contributed by atoms with Crippen LogP contribution in [0.3, 0.4) is 0 Å². The van der Waals surface area contributed by atoms with Crippen LogP contribution in [0.4, 0.5) is 10.5 Å². The van der Waals surface area contributed by atoms with Crippen molar-refractivity contribution in [1.82, 2.24) is 5.32 Å². The van der Waals surface area contributed by atoms with Crippen LogP contribution in [0.25, 0.3) is 10.8 Å². The molecule has 0 saturated carbocycles. The molecule has 4 nitrogen and oxygen atoms in total. The zero-order valence-electron chi connectivity index (χ0n) is 10.9. The van der Waals surface area contributed by atoms with Crippen LogP contribution in [-0.4, -0.2) is 17.7 Å². The number of hydrogen-bond acceptors (Lipinski definition) is 2. The van der Waals surface area contributed by atoms with E-state index in [0.717, 1.165) is 23.6 Å². The van der Waals surface area contributed by atoms with Crippen molar-refractivity contribution in [3.05, 3.63) is 36.4 Å². The van der Waals surface area contributed by atoms with E-state index in [1.807, 2.05) is 24.3 Å². The summed E-state index contributed by atoms with van der Waals surface area (Å²) < 4.78 is 0. The van der Waals surface area contributed by atoms with E-state index in [-0.39, 0.29) is 11.8 Å². The van der Waals surface area contributed by atoms with Gasteiger partial charge in [0, 0.05) is 17.3 Å². The van der Waals surface area contributed by atoms with Crippen molar-refractivity contribution in [3.8, 4) is 5.75 Å². The first-order valence-corrected chi connectivity index (χ1v) is 6.48. The van der Waals surface area contributed by atoms with E-state index in [9.17, 15) is 9.90 Å². The van der Waals surface area contributed by atoms with Crippen molar-refractivity contribution in [2.24, 2.45) is 0 Å². The Bertz CT molecular complexity index is 581. The van der Waals surface area contributed by atoms with Crippen LogP contribution in [0.1, 0.15) is 19.8 Å². The molecule has 0 aliphatic heterocycles. The molecule has 0 aliphatic rings. The Kier molecular flexibility index (Phi) is 4.23. The lowest BCUT2D eigenvalue weighted by molar-refractivity contribution is 0.252. The Hall–Kier alpha value is -2.23. The van der Waals surface area contributed by atoms with Gasteiger partial charge in [-0.15, -0.1) is 0 Å². The zero-order chi connectivity index (χ0) is 13.7. The molecule has 2 amide bonds. The molecule has 0 radical (unpaired) electrons. The molecule has 4 heteroatoms. The topological polar surface area (TPSA) is 61.4 Å². The number of fused-ring (bicyclic) bond motifs is 1. The van der Waals surface area contributed by atoms with Crippen LogP contribution in [-0.2, 0) is 0 Å². The summed E-state index contributed by atoms with van der Waals surface area (Å²) in [6.45, 7) is 2.74. The molecule has 2 rings (SSSR count). The Morgan fingerprint density at radius 3 is 2.68 bits per heavy atom. The predicted octanol–water partition coefficient (Wildman–Crippen LogP) is 3.47. The van der Waals surface area contributed by atoms with Crippen molar-refractivity contribution in [2.45, 2.75) is 19.8 Å². The summed E-state index contributed by atoms with van der Waals surface area (Å²) in [5.74, 6) is 0.215. The quantitative estimate of drug-likeness (QED) is 0.735. The lowest BCUT2D eigenvalue weighted by Gasteiger charge is -2.10. The maximum Gasteiger partial charge on any atom is 0.319 e. The third-order valence-corrected chi connectivity index (χ3v) is 2.96. The molecule has 100 valence electrons. The number of anilines is 1. The van der Waals surface area contributed by atoms with Gasteiger partial charge in [-0.2, -0.15) is 0 Å². The van der Waals surface area contributed by atoms with Crippen molar-refractivity contribution < 1.29 is 9.90 Å². The second-order valence-corrected chi connectivity index (χ2v) is 4.41. The predicted molar refractivity (Wildman–Crippen MR) is 77.5 cm³/mol. The molecule has 2 aromatic carbocycles. The van der Waals surface area contributed by atoms with Crippen LogP contribution in [0.15, 0.2) is 36.4 Å². The number of amides is 2. The number of rotatable bonds is 4. The SMILES string of the molecule is CCCCNC(=O)Nc1cccc2c(O)cccc12. The van der Waals surface area contributed by atoms with Gasteiger partial charge in [0.15, 0.2) is 0 Å². The minimum absolute atomic E-state index is 0.215. The Morgan fingerprint density at radius 2 is 1.89 bits per heavy atom. The van der Waals surface area contributed by atoms with Crippen molar-refractivity contribution in [1.29, 1.82) is 0 Å². The highest BCUT2D eigenvalue weighted by molar-refractivity contribution is 6.03. The van der Waals surface area contributed by atoms with Gasteiger partial charge in [-0.1, -0.05) is 37.6 Å². The smallest absolute Gasteiger partial charge is 0.319 e. The summed E-state index contributed by atoms with van der Waals surface area (Å²) in [5.41, 5.74) is 0.697. The summed E-state index contributed by atoms with van der Waals surface area (Å²) in [6.07, 6.45) is 2.01. The maximum absolute atomic E-state index is 11.7. The fourth-order valence-corrected chi connectivity index (χ4v) is 1.95. The van der Waals surface area contributed by atoms with Gasteiger partial charge in [0.2, 0.25) is 0 Å². The summed E-state index contributed by atoms with van der Waals surface area (Å²) in [4.78, 5) is 11.7. The molecule has 2 aromatic rings. The number of phenolic OH excluding ortho intramolecular Hbond substituents is 1. The van der Waals surface area contributed by atoms with Crippen LogP contribution in [0.2, 0.25) is 0 Å². The van der Waals surface area contributed by atoms with Gasteiger partial charge in [-0.05, 0) is 18.6 Å². The molecule has 3 N–H and O–H groups in total. The number of unbranched alkanes of at least 4 members (excludes halogenated alkanes) is 1. The van der Waals surface area contributed by atoms with Gasteiger partial charge in [-0.3, -0.25) is 0 Å². The van der Waals surface area contributed by atoms with E-state index >= 15 is 0 Å². The average molecular weight is 258 g/mol. The zero-order valence-corrected chi connectivity index (χ0v) is 10.9. The molecule has 0 spiro atoms. The number of urea groups is 1. The van der Waals surface area contributed by atoms with Crippen molar-refractivity contribution in [3.63, 3.8) is 0 Å². The molecule has 19 heavy (non-hydrogen) atoms. The first kappa shape index (κ1) is 13.2. The molecule has 0 fully saturated rings. The third-order valence-electron chi connectivity index (χ3n) is 2.96. The number of nitrogens with one attached hydrogen (secondary N) is 2. The minimum Gasteiger partial charge on any atom is -0.507 e. The number of carbonyl (C=O) groups excluding carboxylic acids is 1. The van der Waals surface area contributed by atoms with Crippen LogP contribution < -0.4 is 10.6 Å². The van der Waals surface area contributed by atoms with Gasteiger partial charge in [0.05, 0.1) is 5.69 Å². The number of hydrogen-bond donors (Lipinski definition) is 3. The molecule has 0 saturated heterocycles. The van der Waals surface area contributed by atoms with Gasteiger partial charge in [0.1, 0.15) is 5.75 Å². The van der Waals surface area contributed by atoms with E-state index < -0.39 is 0 Å². The average Bonchev–Trinajstić information content (AvgIpc) is 2.40. The molecule has 0 heterocycles. The minimum atomic E-state index is -0.218.